The molecule has 1 aliphatic rings. The molecule has 6 heteroatoms. The highest BCUT2D eigenvalue weighted by Crippen LogP contribution is 2.12. The summed E-state index contributed by atoms with van der Waals surface area (Å²) < 4.78 is 26.8. The van der Waals surface area contributed by atoms with Gasteiger partial charge in [0.25, 0.3) is 0 Å². The van der Waals surface area contributed by atoms with E-state index in [9.17, 15) is 8.42 Å². The molecule has 2 N–H and O–H groups in total. The van der Waals surface area contributed by atoms with E-state index >= 15 is 0 Å². The molecule has 20 heavy (non-hydrogen) atoms. The number of hydrogen-bond donors (Lipinski definition) is 2. The number of hydrogen-bond acceptors (Lipinski definition) is 3. The molecule has 0 spiro atoms. The van der Waals surface area contributed by atoms with Crippen LogP contribution in [0.15, 0.2) is 29.2 Å². The van der Waals surface area contributed by atoms with Crippen molar-refractivity contribution in [3.05, 3.63) is 29.8 Å². The fourth-order valence-corrected chi connectivity index (χ4v) is 3.41. The summed E-state index contributed by atoms with van der Waals surface area (Å²) in [6, 6.07) is 7.55. The number of nitrogens with one attached hydrogen (secondary N) is 2. The van der Waals surface area contributed by atoms with Crippen LogP contribution in [0.5, 0.6) is 0 Å². The molecule has 1 saturated heterocycles. The van der Waals surface area contributed by atoms with Crippen LogP contribution < -0.4 is 10.0 Å². The van der Waals surface area contributed by atoms with Crippen LogP contribution in [0.25, 0.3) is 0 Å². The molecule has 1 fully saturated rings. The Labute approximate surface area is 127 Å². The smallest absolute Gasteiger partial charge is 0.240 e. The van der Waals surface area contributed by atoms with Gasteiger partial charge < -0.3 is 5.32 Å². The van der Waals surface area contributed by atoms with Gasteiger partial charge >= 0.3 is 0 Å². The van der Waals surface area contributed by atoms with Gasteiger partial charge in [-0.2, -0.15) is 0 Å². The molecule has 4 nitrogen and oxygen atoms in total. The van der Waals surface area contributed by atoms with Crippen LogP contribution in [0, 0.1) is 0 Å². The zero-order chi connectivity index (χ0) is 13.7. The molecule has 1 heterocycles. The molecule has 0 amide bonds. The average Bonchev–Trinajstić information content (AvgIpc) is 2.92. The number of sulfonamides is 1. The van der Waals surface area contributed by atoms with Gasteiger partial charge in [-0.3, -0.25) is 0 Å². The molecule has 0 aliphatic carbocycles. The van der Waals surface area contributed by atoms with E-state index in [1.807, 2.05) is 12.1 Å². The van der Waals surface area contributed by atoms with E-state index < -0.39 is 10.0 Å². The van der Waals surface area contributed by atoms with Crippen molar-refractivity contribution < 1.29 is 8.42 Å². The predicted molar refractivity (Wildman–Crippen MR) is 83.9 cm³/mol. The van der Waals surface area contributed by atoms with Crippen molar-refractivity contribution in [1.82, 2.24) is 10.0 Å². The van der Waals surface area contributed by atoms with Gasteiger partial charge in [0.05, 0.1) is 4.90 Å². The summed E-state index contributed by atoms with van der Waals surface area (Å²) in [4.78, 5) is 0.351. The third-order valence-corrected chi connectivity index (χ3v) is 5.07. The standard InChI is InChI=1S/C14H22N2O2S.ClH/c1-2-12-5-7-14(8-6-12)19(17,18)16-11-9-13-4-3-10-15-13;/h5-8,13,15-16H,2-4,9-11H2,1H3;1H/t13-;/m1./s1. The minimum Gasteiger partial charge on any atom is -0.314 e. The second-order valence-electron chi connectivity index (χ2n) is 4.98. The van der Waals surface area contributed by atoms with Gasteiger partial charge in [-0.15, -0.1) is 12.4 Å². The summed E-state index contributed by atoms with van der Waals surface area (Å²) in [5.41, 5.74) is 1.15. The van der Waals surface area contributed by atoms with E-state index in [0.717, 1.165) is 31.4 Å². The number of rotatable bonds is 6. The lowest BCUT2D eigenvalue weighted by Crippen LogP contribution is -2.30. The highest BCUT2D eigenvalue weighted by atomic mass is 35.5. The van der Waals surface area contributed by atoms with Crippen LogP contribution in [0.3, 0.4) is 0 Å². The maximum absolute atomic E-state index is 12.1. The fraction of sp³-hybridized carbons (Fsp3) is 0.571. The lowest BCUT2D eigenvalue weighted by Gasteiger charge is -2.11. The van der Waals surface area contributed by atoms with Gasteiger partial charge in [0, 0.05) is 12.6 Å². The molecular weight excluding hydrogens is 296 g/mol. The summed E-state index contributed by atoms with van der Waals surface area (Å²) in [6.45, 7) is 3.60. The van der Waals surface area contributed by atoms with Crippen molar-refractivity contribution >= 4 is 22.4 Å². The highest BCUT2D eigenvalue weighted by molar-refractivity contribution is 7.89. The van der Waals surface area contributed by atoms with E-state index in [0.29, 0.717) is 17.5 Å². The monoisotopic (exact) mass is 318 g/mol. The summed E-state index contributed by atoms with van der Waals surface area (Å²) in [5.74, 6) is 0. The first-order valence-electron chi connectivity index (χ1n) is 6.94. The van der Waals surface area contributed by atoms with E-state index in [1.165, 1.54) is 6.42 Å². The Hall–Kier alpha value is -0.620. The van der Waals surface area contributed by atoms with Crippen molar-refractivity contribution in [2.45, 2.75) is 43.5 Å². The van der Waals surface area contributed by atoms with Crippen molar-refractivity contribution in [3.8, 4) is 0 Å². The van der Waals surface area contributed by atoms with Crippen LogP contribution in [0.4, 0.5) is 0 Å². The Morgan fingerprint density at radius 3 is 2.55 bits per heavy atom. The largest absolute Gasteiger partial charge is 0.314 e. The summed E-state index contributed by atoms with van der Waals surface area (Å²) in [6.07, 6.45) is 4.11. The second kappa shape index (κ2) is 7.98. The first-order chi connectivity index (χ1) is 9.12. The molecule has 0 bridgehead atoms. The Kier molecular flexibility index (Phi) is 6.95. The maximum atomic E-state index is 12.1. The number of aryl methyl sites for hydroxylation is 1. The SMILES string of the molecule is CCc1ccc(S(=O)(=O)NCC[C@H]2CCCN2)cc1.Cl. The van der Waals surface area contributed by atoms with Crippen LogP contribution in [0.1, 0.15) is 31.7 Å². The van der Waals surface area contributed by atoms with Crippen molar-refractivity contribution in [2.75, 3.05) is 13.1 Å². The minimum atomic E-state index is -3.35. The maximum Gasteiger partial charge on any atom is 0.240 e. The van der Waals surface area contributed by atoms with E-state index in [2.05, 4.69) is 17.0 Å². The Balaban J connectivity index is 0.00000200. The third kappa shape index (κ3) is 4.74. The first kappa shape index (κ1) is 17.4. The molecule has 0 aromatic heterocycles. The topological polar surface area (TPSA) is 58.2 Å². The van der Waals surface area contributed by atoms with Crippen LogP contribution in [-0.2, 0) is 16.4 Å². The zero-order valence-electron chi connectivity index (χ0n) is 11.8. The molecule has 1 aromatic rings. The molecule has 1 aromatic carbocycles. The lowest BCUT2D eigenvalue weighted by molar-refractivity contribution is 0.539. The fourth-order valence-electron chi connectivity index (χ4n) is 2.36. The van der Waals surface area contributed by atoms with Crippen LogP contribution in [0.2, 0.25) is 0 Å². The van der Waals surface area contributed by atoms with Gasteiger partial charge in [0.2, 0.25) is 10.0 Å². The minimum absolute atomic E-state index is 0. The summed E-state index contributed by atoms with van der Waals surface area (Å²) in [7, 11) is -3.35. The van der Waals surface area contributed by atoms with E-state index in [4.69, 9.17) is 0 Å². The van der Waals surface area contributed by atoms with Gasteiger partial charge in [0.1, 0.15) is 0 Å². The van der Waals surface area contributed by atoms with Crippen LogP contribution in [-0.4, -0.2) is 27.5 Å². The number of halogens is 1. The molecule has 1 atom stereocenters. The Morgan fingerprint density at radius 1 is 1.30 bits per heavy atom. The zero-order valence-corrected chi connectivity index (χ0v) is 13.4. The first-order valence-corrected chi connectivity index (χ1v) is 8.42. The second-order valence-corrected chi connectivity index (χ2v) is 6.74. The van der Waals surface area contributed by atoms with Gasteiger partial charge in [-0.25, -0.2) is 13.1 Å². The van der Waals surface area contributed by atoms with Crippen molar-refractivity contribution in [3.63, 3.8) is 0 Å². The average molecular weight is 319 g/mol. The quantitative estimate of drug-likeness (QED) is 0.844. The number of benzene rings is 1. The van der Waals surface area contributed by atoms with Crippen LogP contribution >= 0.6 is 12.4 Å². The van der Waals surface area contributed by atoms with Crippen molar-refractivity contribution in [1.29, 1.82) is 0 Å². The molecule has 114 valence electrons. The Morgan fingerprint density at radius 2 is 2.00 bits per heavy atom. The predicted octanol–water partition coefficient (Wildman–Crippen LogP) is 2.09. The molecular formula is C14H23ClN2O2S. The highest BCUT2D eigenvalue weighted by Gasteiger charge is 2.16. The van der Waals surface area contributed by atoms with E-state index in [1.54, 1.807) is 12.1 Å². The van der Waals surface area contributed by atoms with Crippen molar-refractivity contribution in [2.24, 2.45) is 0 Å². The van der Waals surface area contributed by atoms with Gasteiger partial charge in [-0.05, 0) is 49.9 Å². The Bertz CT molecular complexity index is 496. The van der Waals surface area contributed by atoms with E-state index in [-0.39, 0.29) is 12.4 Å². The molecule has 0 radical (unpaired) electrons. The molecule has 0 unspecified atom stereocenters. The molecule has 2 rings (SSSR count). The summed E-state index contributed by atoms with van der Waals surface area (Å²) >= 11 is 0. The normalized spacial score (nSPS) is 18.8. The van der Waals surface area contributed by atoms with Gasteiger partial charge in [-0.1, -0.05) is 19.1 Å². The third-order valence-electron chi connectivity index (χ3n) is 3.59. The van der Waals surface area contributed by atoms with Gasteiger partial charge in [0.15, 0.2) is 0 Å². The lowest BCUT2D eigenvalue weighted by atomic mass is 10.2. The molecule has 1 aliphatic heterocycles. The molecule has 0 saturated carbocycles. The summed E-state index contributed by atoms with van der Waals surface area (Å²) in [5, 5.41) is 3.36.